The first-order chi connectivity index (χ1) is 8.33. The van der Waals surface area contributed by atoms with E-state index in [0.717, 1.165) is 0 Å². The third kappa shape index (κ3) is 4.69. The number of nitrogens with zero attached hydrogens (tertiary/aromatic N) is 2. The molecule has 0 spiro atoms. The van der Waals surface area contributed by atoms with Crippen LogP contribution in [-0.2, 0) is 0 Å². The molecule has 8 heteroatoms. The Morgan fingerprint density at radius 3 is 2.33 bits per heavy atom. The zero-order chi connectivity index (χ0) is 13.8. The van der Waals surface area contributed by atoms with E-state index < -0.39 is 18.8 Å². The van der Waals surface area contributed by atoms with Crippen molar-refractivity contribution in [3.8, 4) is 0 Å². The van der Waals surface area contributed by atoms with Gasteiger partial charge in [0.1, 0.15) is 6.54 Å². The number of carbonyl (C=O) groups excluding carboxylic acids is 1. The zero-order valence-electron chi connectivity index (χ0n) is 10.3. The summed E-state index contributed by atoms with van der Waals surface area (Å²) in [6.07, 6.45) is -4.37. The van der Waals surface area contributed by atoms with E-state index in [1.54, 1.807) is 0 Å². The minimum atomic E-state index is -4.37. The van der Waals surface area contributed by atoms with Crippen LogP contribution in [0, 0.1) is 0 Å². The molecule has 1 aliphatic heterocycles. The molecule has 0 bridgehead atoms. The average Bonchev–Trinajstić information content (AvgIpc) is 2.34. The molecule has 2 amide bonds. The Morgan fingerprint density at radius 1 is 1.33 bits per heavy atom. The van der Waals surface area contributed by atoms with Gasteiger partial charge in [0, 0.05) is 38.8 Å². The van der Waals surface area contributed by atoms with E-state index in [2.05, 4.69) is 4.90 Å². The van der Waals surface area contributed by atoms with E-state index in [0.29, 0.717) is 32.7 Å². The highest BCUT2D eigenvalue weighted by molar-refractivity contribution is 5.74. The van der Waals surface area contributed by atoms with Gasteiger partial charge in [-0.2, -0.15) is 13.2 Å². The van der Waals surface area contributed by atoms with Crippen LogP contribution in [-0.4, -0.2) is 67.3 Å². The molecule has 106 valence electrons. The average molecular weight is 268 g/mol. The molecule has 1 rings (SSSR count). The normalized spacial score (nSPS) is 19.7. The van der Waals surface area contributed by atoms with Gasteiger partial charge in [0.15, 0.2) is 0 Å². The third-order valence-electron chi connectivity index (χ3n) is 3.01. The predicted octanol–water partition coefficient (Wildman–Crippen LogP) is 0.223. The molecule has 1 heterocycles. The van der Waals surface area contributed by atoms with Gasteiger partial charge in [-0.3, -0.25) is 4.90 Å². The minimum Gasteiger partial charge on any atom is -0.329 e. The summed E-state index contributed by atoms with van der Waals surface area (Å²) in [5.74, 6) is 0. The number of nitrogens with two attached hydrogens (primary N) is 1. The molecule has 1 saturated heterocycles. The first kappa shape index (κ1) is 15.0. The SMILES string of the molecule is CC(CN)N1CCN(C(=O)NCC(F)(F)F)CC1. The second-order valence-corrected chi connectivity index (χ2v) is 4.38. The topological polar surface area (TPSA) is 61.6 Å². The lowest BCUT2D eigenvalue weighted by Crippen LogP contribution is -2.55. The maximum absolute atomic E-state index is 11.9. The fourth-order valence-corrected chi connectivity index (χ4v) is 1.80. The van der Waals surface area contributed by atoms with Crippen molar-refractivity contribution in [2.24, 2.45) is 5.73 Å². The number of piperazine rings is 1. The summed E-state index contributed by atoms with van der Waals surface area (Å²) in [6.45, 7) is 3.35. The Morgan fingerprint density at radius 2 is 1.89 bits per heavy atom. The van der Waals surface area contributed by atoms with Crippen LogP contribution in [0.2, 0.25) is 0 Å². The van der Waals surface area contributed by atoms with Gasteiger partial charge in [-0.05, 0) is 6.92 Å². The lowest BCUT2D eigenvalue weighted by atomic mass is 10.2. The number of urea groups is 1. The number of alkyl halides is 3. The van der Waals surface area contributed by atoms with E-state index in [4.69, 9.17) is 5.73 Å². The molecular weight excluding hydrogens is 249 g/mol. The summed E-state index contributed by atoms with van der Waals surface area (Å²) in [7, 11) is 0. The van der Waals surface area contributed by atoms with E-state index in [1.165, 1.54) is 4.90 Å². The molecule has 1 atom stereocenters. The number of rotatable bonds is 3. The summed E-state index contributed by atoms with van der Waals surface area (Å²) in [4.78, 5) is 15.0. The monoisotopic (exact) mass is 268 g/mol. The molecule has 1 fully saturated rings. The van der Waals surface area contributed by atoms with Crippen molar-refractivity contribution in [3.63, 3.8) is 0 Å². The van der Waals surface area contributed by atoms with Gasteiger partial charge >= 0.3 is 12.2 Å². The number of amides is 2. The Kier molecular flexibility index (Phi) is 5.21. The fraction of sp³-hybridized carbons (Fsp3) is 0.900. The fourth-order valence-electron chi connectivity index (χ4n) is 1.80. The molecular formula is C10H19F3N4O. The van der Waals surface area contributed by atoms with E-state index in [9.17, 15) is 18.0 Å². The Bertz CT molecular complexity index is 277. The van der Waals surface area contributed by atoms with Crippen LogP contribution in [0.4, 0.5) is 18.0 Å². The first-order valence-corrected chi connectivity index (χ1v) is 5.87. The van der Waals surface area contributed by atoms with E-state index >= 15 is 0 Å². The maximum Gasteiger partial charge on any atom is 0.405 e. The minimum absolute atomic E-state index is 0.227. The van der Waals surface area contributed by atoms with Gasteiger partial charge in [-0.1, -0.05) is 0 Å². The molecule has 0 aromatic carbocycles. The second-order valence-electron chi connectivity index (χ2n) is 4.38. The smallest absolute Gasteiger partial charge is 0.329 e. The molecule has 0 saturated carbocycles. The zero-order valence-corrected chi connectivity index (χ0v) is 10.3. The van der Waals surface area contributed by atoms with Crippen LogP contribution in [0.15, 0.2) is 0 Å². The van der Waals surface area contributed by atoms with Crippen molar-refractivity contribution < 1.29 is 18.0 Å². The Labute approximate surface area is 104 Å². The number of halogens is 3. The third-order valence-corrected chi connectivity index (χ3v) is 3.01. The van der Waals surface area contributed by atoms with Gasteiger partial charge < -0.3 is 16.0 Å². The van der Waals surface area contributed by atoms with Gasteiger partial charge in [-0.25, -0.2) is 4.79 Å². The number of hydrogen-bond acceptors (Lipinski definition) is 3. The maximum atomic E-state index is 11.9. The highest BCUT2D eigenvalue weighted by Crippen LogP contribution is 2.12. The predicted molar refractivity (Wildman–Crippen MR) is 61.1 cm³/mol. The lowest BCUT2D eigenvalue weighted by Gasteiger charge is -2.37. The summed E-state index contributed by atoms with van der Waals surface area (Å²) in [6, 6.07) is -0.433. The quantitative estimate of drug-likeness (QED) is 0.770. The van der Waals surface area contributed by atoms with Crippen LogP contribution >= 0.6 is 0 Å². The molecule has 0 aromatic heterocycles. The molecule has 0 radical (unpaired) electrons. The largest absolute Gasteiger partial charge is 0.405 e. The summed E-state index contributed by atoms with van der Waals surface area (Å²) in [5.41, 5.74) is 5.53. The number of carbonyl (C=O) groups is 1. The number of nitrogens with one attached hydrogen (secondary N) is 1. The Hall–Kier alpha value is -1.02. The molecule has 1 unspecified atom stereocenters. The van der Waals surface area contributed by atoms with Crippen molar-refractivity contribution in [2.45, 2.75) is 19.1 Å². The van der Waals surface area contributed by atoms with Crippen LogP contribution in [0.3, 0.4) is 0 Å². The molecule has 5 nitrogen and oxygen atoms in total. The first-order valence-electron chi connectivity index (χ1n) is 5.87. The van der Waals surface area contributed by atoms with Crippen LogP contribution in [0.25, 0.3) is 0 Å². The molecule has 18 heavy (non-hydrogen) atoms. The molecule has 0 aromatic rings. The van der Waals surface area contributed by atoms with Crippen molar-refractivity contribution in [1.29, 1.82) is 0 Å². The van der Waals surface area contributed by atoms with Gasteiger partial charge in [-0.15, -0.1) is 0 Å². The van der Waals surface area contributed by atoms with Gasteiger partial charge in [0.2, 0.25) is 0 Å². The van der Waals surface area contributed by atoms with Crippen LogP contribution < -0.4 is 11.1 Å². The van der Waals surface area contributed by atoms with Crippen LogP contribution in [0.1, 0.15) is 6.92 Å². The molecule has 0 aliphatic carbocycles. The van der Waals surface area contributed by atoms with Gasteiger partial charge in [0.05, 0.1) is 0 Å². The van der Waals surface area contributed by atoms with Crippen molar-refractivity contribution >= 4 is 6.03 Å². The summed E-state index contributed by atoms with van der Waals surface area (Å²) < 4.78 is 35.8. The van der Waals surface area contributed by atoms with Crippen molar-refractivity contribution in [3.05, 3.63) is 0 Å². The van der Waals surface area contributed by atoms with Crippen molar-refractivity contribution in [1.82, 2.24) is 15.1 Å². The summed E-state index contributed by atoms with van der Waals surface area (Å²) >= 11 is 0. The standard InChI is InChI=1S/C10H19F3N4O/c1-8(6-14)16-2-4-17(5-3-16)9(18)15-7-10(11,12)13/h8H,2-7,14H2,1H3,(H,15,18). The van der Waals surface area contributed by atoms with E-state index in [1.807, 2.05) is 12.2 Å². The van der Waals surface area contributed by atoms with E-state index in [-0.39, 0.29) is 6.04 Å². The van der Waals surface area contributed by atoms with Crippen LogP contribution in [0.5, 0.6) is 0 Å². The lowest BCUT2D eigenvalue weighted by molar-refractivity contribution is -0.123. The highest BCUT2D eigenvalue weighted by Gasteiger charge is 2.30. The second kappa shape index (κ2) is 6.24. The van der Waals surface area contributed by atoms with Gasteiger partial charge in [0.25, 0.3) is 0 Å². The molecule has 3 N–H and O–H groups in total. The number of hydrogen-bond donors (Lipinski definition) is 2. The van der Waals surface area contributed by atoms with Crippen molar-refractivity contribution in [2.75, 3.05) is 39.3 Å². The Balaban J connectivity index is 2.32. The summed E-state index contributed by atoms with van der Waals surface area (Å²) in [5, 5.41) is 1.87. The highest BCUT2D eigenvalue weighted by atomic mass is 19.4. The molecule has 1 aliphatic rings.